The number of halogens is 2. The smallest absolute Gasteiger partial charge is 0.255 e. The summed E-state index contributed by atoms with van der Waals surface area (Å²) in [6.45, 7) is -1.10. The molecule has 1 N–H and O–H groups in total. The Morgan fingerprint density at radius 1 is 1.43 bits per heavy atom. The van der Waals surface area contributed by atoms with E-state index in [2.05, 4.69) is 4.98 Å². The van der Waals surface area contributed by atoms with Gasteiger partial charge in [-0.3, -0.25) is 4.79 Å². The Labute approximate surface area is 128 Å². The van der Waals surface area contributed by atoms with Crippen LogP contribution < -0.4 is 0 Å². The van der Waals surface area contributed by atoms with Crippen molar-refractivity contribution in [2.24, 2.45) is 0 Å². The molecule has 0 fully saturated rings. The second kappa shape index (κ2) is 7.58. The van der Waals surface area contributed by atoms with Crippen LogP contribution in [0.1, 0.15) is 5.69 Å². The van der Waals surface area contributed by atoms with Crippen LogP contribution in [-0.2, 0) is 11.2 Å². The van der Waals surface area contributed by atoms with Gasteiger partial charge in [-0.15, -0.1) is 11.3 Å². The number of aliphatic hydroxyl groups is 1. The summed E-state index contributed by atoms with van der Waals surface area (Å²) in [5, 5.41) is 15.3. The van der Waals surface area contributed by atoms with Crippen LogP contribution in [0.3, 0.4) is 0 Å². The number of aliphatic hydroxyl groups excluding tert-OH is 1. The van der Waals surface area contributed by atoms with Gasteiger partial charge in [0.25, 0.3) is 6.43 Å². The molecule has 21 heavy (non-hydrogen) atoms. The fourth-order valence-corrected chi connectivity index (χ4v) is 3.31. The molecular weight excluding hydrogens is 318 g/mol. The van der Waals surface area contributed by atoms with Crippen molar-refractivity contribution in [3.63, 3.8) is 0 Å². The molecule has 0 aromatic carbocycles. The first-order valence-corrected chi connectivity index (χ1v) is 8.06. The van der Waals surface area contributed by atoms with Gasteiger partial charge in [-0.1, -0.05) is 0 Å². The van der Waals surface area contributed by atoms with E-state index in [1.165, 1.54) is 11.3 Å². The lowest BCUT2D eigenvalue weighted by molar-refractivity contribution is -0.133. The third-order valence-electron chi connectivity index (χ3n) is 2.73. The molecule has 4 nitrogen and oxygen atoms in total. The molecule has 0 saturated carbocycles. The molecule has 2 aromatic rings. The maximum Gasteiger partial charge on any atom is 0.255 e. The minimum atomic E-state index is -2.61. The third-order valence-corrected chi connectivity index (χ3v) is 4.36. The van der Waals surface area contributed by atoms with Gasteiger partial charge in [0, 0.05) is 22.9 Å². The summed E-state index contributed by atoms with van der Waals surface area (Å²) in [5.74, 6) is -0.452. The highest BCUT2D eigenvalue weighted by molar-refractivity contribution is 7.14. The van der Waals surface area contributed by atoms with Crippen LogP contribution >= 0.6 is 22.7 Å². The molecule has 2 rings (SSSR count). The molecule has 0 unspecified atom stereocenters. The van der Waals surface area contributed by atoms with Crippen LogP contribution in [-0.4, -0.2) is 47.0 Å². The number of carbonyl (C=O) groups is 1. The molecule has 0 aliphatic heterocycles. The number of thiophene rings is 1. The minimum absolute atomic E-state index is 0.0344. The van der Waals surface area contributed by atoms with Crippen LogP contribution in [0.2, 0.25) is 0 Å². The van der Waals surface area contributed by atoms with Gasteiger partial charge in [-0.05, 0) is 11.4 Å². The average Bonchev–Trinajstić information content (AvgIpc) is 3.07. The van der Waals surface area contributed by atoms with E-state index < -0.39 is 18.9 Å². The molecule has 0 aliphatic carbocycles. The molecule has 0 spiro atoms. The van der Waals surface area contributed by atoms with Crippen molar-refractivity contribution in [1.29, 1.82) is 0 Å². The normalized spacial score (nSPS) is 11.0. The van der Waals surface area contributed by atoms with Gasteiger partial charge in [0.05, 0.1) is 25.3 Å². The van der Waals surface area contributed by atoms with Crippen LogP contribution in [0.25, 0.3) is 10.6 Å². The van der Waals surface area contributed by atoms with Crippen molar-refractivity contribution < 1.29 is 18.7 Å². The number of rotatable bonds is 7. The molecule has 0 saturated heterocycles. The fourth-order valence-electron chi connectivity index (χ4n) is 1.78. The van der Waals surface area contributed by atoms with Gasteiger partial charge in [0.15, 0.2) is 0 Å². The van der Waals surface area contributed by atoms with E-state index in [4.69, 9.17) is 5.11 Å². The number of nitrogens with zero attached hydrogens (tertiary/aromatic N) is 2. The summed E-state index contributed by atoms with van der Waals surface area (Å²) >= 11 is 2.97. The highest BCUT2D eigenvalue weighted by atomic mass is 32.1. The predicted molar refractivity (Wildman–Crippen MR) is 78.8 cm³/mol. The lowest BCUT2D eigenvalue weighted by atomic mass is 10.3. The molecule has 114 valence electrons. The van der Waals surface area contributed by atoms with E-state index in [0.29, 0.717) is 5.69 Å². The zero-order chi connectivity index (χ0) is 15.2. The molecule has 0 atom stereocenters. The van der Waals surface area contributed by atoms with Gasteiger partial charge < -0.3 is 10.0 Å². The summed E-state index contributed by atoms with van der Waals surface area (Å²) in [5.41, 5.74) is 1.55. The van der Waals surface area contributed by atoms with E-state index in [1.807, 2.05) is 16.8 Å². The Morgan fingerprint density at radius 3 is 2.86 bits per heavy atom. The molecule has 0 aliphatic rings. The number of aromatic nitrogens is 1. The van der Waals surface area contributed by atoms with Crippen molar-refractivity contribution >= 4 is 28.6 Å². The summed E-state index contributed by atoms with van der Waals surface area (Å²) in [7, 11) is 0. The Morgan fingerprint density at radius 2 is 2.24 bits per heavy atom. The summed E-state index contributed by atoms with van der Waals surface area (Å²) < 4.78 is 24.8. The first-order chi connectivity index (χ1) is 10.1. The highest BCUT2D eigenvalue weighted by Crippen LogP contribution is 2.25. The van der Waals surface area contributed by atoms with Crippen LogP contribution in [0.5, 0.6) is 0 Å². The summed E-state index contributed by atoms with van der Waals surface area (Å²) in [6.07, 6.45) is -2.65. The zero-order valence-corrected chi connectivity index (χ0v) is 12.7. The lowest BCUT2D eigenvalue weighted by Gasteiger charge is -2.20. The quantitative estimate of drug-likeness (QED) is 0.847. The van der Waals surface area contributed by atoms with Crippen molar-refractivity contribution in [2.45, 2.75) is 12.8 Å². The third kappa shape index (κ3) is 4.55. The maximum atomic E-state index is 12.4. The first kappa shape index (κ1) is 16.0. The number of amides is 1. The van der Waals surface area contributed by atoms with Gasteiger partial charge in [-0.25, -0.2) is 13.8 Å². The largest absolute Gasteiger partial charge is 0.395 e. The summed E-state index contributed by atoms with van der Waals surface area (Å²) in [4.78, 5) is 17.3. The van der Waals surface area contributed by atoms with E-state index in [9.17, 15) is 13.6 Å². The van der Waals surface area contributed by atoms with Crippen molar-refractivity contribution in [3.05, 3.63) is 27.9 Å². The van der Waals surface area contributed by atoms with Gasteiger partial charge >= 0.3 is 0 Å². The van der Waals surface area contributed by atoms with Gasteiger partial charge in [-0.2, -0.15) is 11.3 Å². The number of hydrogen-bond donors (Lipinski definition) is 1. The van der Waals surface area contributed by atoms with Crippen molar-refractivity contribution in [3.8, 4) is 10.6 Å². The second-order valence-electron chi connectivity index (χ2n) is 4.29. The second-order valence-corrected chi connectivity index (χ2v) is 5.93. The van der Waals surface area contributed by atoms with E-state index in [1.54, 1.807) is 16.7 Å². The van der Waals surface area contributed by atoms with E-state index >= 15 is 0 Å². The lowest BCUT2D eigenvalue weighted by Crippen LogP contribution is -2.38. The maximum absolute atomic E-state index is 12.4. The Balaban J connectivity index is 2.01. The molecule has 0 bridgehead atoms. The Hall–Kier alpha value is -1.38. The topological polar surface area (TPSA) is 53.4 Å². The number of hydrogen-bond acceptors (Lipinski definition) is 5. The minimum Gasteiger partial charge on any atom is -0.395 e. The monoisotopic (exact) mass is 332 g/mol. The Kier molecular flexibility index (Phi) is 5.77. The molecule has 2 aromatic heterocycles. The van der Waals surface area contributed by atoms with Gasteiger partial charge in [0.2, 0.25) is 5.91 Å². The fraction of sp³-hybridized carbons (Fsp3) is 0.385. The molecule has 1 amide bonds. The van der Waals surface area contributed by atoms with Crippen LogP contribution in [0, 0.1) is 0 Å². The van der Waals surface area contributed by atoms with Crippen molar-refractivity contribution in [2.75, 3.05) is 19.7 Å². The predicted octanol–water partition coefficient (Wildman–Crippen LogP) is 2.50. The Bertz CT molecular complexity index is 572. The average molecular weight is 332 g/mol. The number of thiazole rings is 1. The molecule has 0 radical (unpaired) electrons. The zero-order valence-electron chi connectivity index (χ0n) is 11.0. The number of carbonyl (C=O) groups excluding carboxylic acids is 1. The highest BCUT2D eigenvalue weighted by Gasteiger charge is 2.19. The van der Waals surface area contributed by atoms with E-state index in [0.717, 1.165) is 15.5 Å². The first-order valence-electron chi connectivity index (χ1n) is 6.24. The molecule has 8 heteroatoms. The summed E-state index contributed by atoms with van der Waals surface area (Å²) in [6, 6.07) is 1.93. The van der Waals surface area contributed by atoms with Crippen LogP contribution in [0.4, 0.5) is 8.78 Å². The van der Waals surface area contributed by atoms with Crippen molar-refractivity contribution in [1.82, 2.24) is 9.88 Å². The molecule has 2 heterocycles. The van der Waals surface area contributed by atoms with E-state index in [-0.39, 0.29) is 19.6 Å². The number of alkyl halides is 2. The molecular formula is C13H14F2N2O2S2. The SMILES string of the molecule is O=C(Cc1csc(-c2ccsc2)n1)N(CCO)CC(F)F. The van der Waals surface area contributed by atoms with Gasteiger partial charge in [0.1, 0.15) is 5.01 Å². The van der Waals surface area contributed by atoms with Crippen LogP contribution in [0.15, 0.2) is 22.2 Å². The standard InChI is InChI=1S/C13H14F2N2O2S2/c14-11(15)6-17(2-3-18)12(19)5-10-8-21-13(16-10)9-1-4-20-7-9/h1,4,7-8,11,18H,2-3,5-6H2.